The number of quaternary nitrogens is 1. The number of carbonyl (C=O) groups excluding carboxylic acids is 1. The van der Waals surface area contributed by atoms with E-state index in [1.807, 2.05) is 17.0 Å². The molecule has 0 radical (unpaired) electrons. The number of hydrogen-bond acceptors (Lipinski definition) is 5. The van der Waals surface area contributed by atoms with Crippen LogP contribution in [0.4, 0.5) is 0 Å². The molecule has 1 aromatic heterocycles. The Morgan fingerprint density at radius 3 is 2.42 bits per heavy atom. The highest BCUT2D eigenvalue weighted by molar-refractivity contribution is 5.93. The first kappa shape index (κ1) is 18.0. The van der Waals surface area contributed by atoms with Gasteiger partial charge in [-0.05, 0) is 24.3 Å². The Kier molecular flexibility index (Phi) is 5.58. The molecule has 1 aliphatic heterocycles. The Morgan fingerprint density at radius 1 is 1.23 bits per heavy atom. The molecular weight excluding hydrogens is 334 g/mol. The zero-order valence-electron chi connectivity index (χ0n) is 15.1. The Balaban J connectivity index is 1.62. The predicted molar refractivity (Wildman–Crippen MR) is 95.8 cm³/mol. The van der Waals surface area contributed by atoms with Crippen LogP contribution >= 0.6 is 0 Å². The van der Waals surface area contributed by atoms with E-state index in [0.717, 1.165) is 25.2 Å². The first-order valence-electron chi connectivity index (χ1n) is 8.59. The third-order valence-electron chi connectivity index (χ3n) is 4.66. The standard InChI is InChI=1S/C19H23N3O4/c1-25-16-10-14(11-17(26-2)18(16)23)13-21-6-8-22(9-7-21)19(24)15-4-3-5-20-12-15/h3-5,10-12,23H,6-9,13H2,1-2H3/p+1. The molecule has 1 amide bonds. The van der Waals surface area contributed by atoms with Crippen LogP contribution in [0.3, 0.4) is 0 Å². The van der Waals surface area contributed by atoms with Gasteiger partial charge in [0.05, 0.1) is 46.0 Å². The number of nitrogens with zero attached hydrogens (tertiary/aromatic N) is 2. The van der Waals surface area contributed by atoms with Crippen molar-refractivity contribution in [2.45, 2.75) is 6.54 Å². The minimum absolute atomic E-state index is 0.0145. The lowest BCUT2D eigenvalue weighted by atomic mass is 10.1. The summed E-state index contributed by atoms with van der Waals surface area (Å²) >= 11 is 0. The fourth-order valence-electron chi connectivity index (χ4n) is 3.21. The molecule has 1 fully saturated rings. The number of phenols is 1. The maximum absolute atomic E-state index is 12.5. The molecule has 0 bridgehead atoms. The number of aromatic hydroxyl groups is 1. The number of rotatable bonds is 5. The van der Waals surface area contributed by atoms with Gasteiger partial charge >= 0.3 is 0 Å². The van der Waals surface area contributed by atoms with Gasteiger partial charge in [0.1, 0.15) is 6.54 Å². The maximum Gasteiger partial charge on any atom is 0.255 e. The lowest BCUT2D eigenvalue weighted by molar-refractivity contribution is -0.917. The van der Waals surface area contributed by atoms with Gasteiger partial charge in [-0.25, -0.2) is 0 Å². The molecule has 7 nitrogen and oxygen atoms in total. The molecule has 0 spiro atoms. The molecule has 138 valence electrons. The van der Waals surface area contributed by atoms with Crippen molar-refractivity contribution in [3.05, 3.63) is 47.8 Å². The summed E-state index contributed by atoms with van der Waals surface area (Å²) in [4.78, 5) is 19.7. The van der Waals surface area contributed by atoms with Gasteiger partial charge in [-0.2, -0.15) is 0 Å². The molecule has 0 saturated carbocycles. The molecule has 2 aromatic rings. The maximum atomic E-state index is 12.5. The minimum atomic E-state index is 0.0145. The monoisotopic (exact) mass is 358 g/mol. The number of amides is 1. The molecule has 0 aliphatic carbocycles. The van der Waals surface area contributed by atoms with E-state index in [2.05, 4.69) is 4.98 Å². The fourth-order valence-corrected chi connectivity index (χ4v) is 3.21. The second kappa shape index (κ2) is 8.05. The van der Waals surface area contributed by atoms with Gasteiger partial charge in [0.25, 0.3) is 5.91 Å². The van der Waals surface area contributed by atoms with Gasteiger partial charge < -0.3 is 24.4 Å². The van der Waals surface area contributed by atoms with Crippen LogP contribution in [0.5, 0.6) is 17.2 Å². The van der Waals surface area contributed by atoms with Gasteiger partial charge in [-0.1, -0.05) is 0 Å². The van der Waals surface area contributed by atoms with Crippen molar-refractivity contribution in [1.82, 2.24) is 9.88 Å². The highest BCUT2D eigenvalue weighted by Gasteiger charge is 2.25. The summed E-state index contributed by atoms with van der Waals surface area (Å²) in [6.45, 7) is 3.90. The van der Waals surface area contributed by atoms with Crippen molar-refractivity contribution in [1.29, 1.82) is 0 Å². The topological polar surface area (TPSA) is 76.3 Å². The second-order valence-corrected chi connectivity index (χ2v) is 6.31. The van der Waals surface area contributed by atoms with Crippen molar-refractivity contribution in [2.75, 3.05) is 40.4 Å². The van der Waals surface area contributed by atoms with Gasteiger partial charge in [0.15, 0.2) is 11.5 Å². The van der Waals surface area contributed by atoms with E-state index in [-0.39, 0.29) is 11.7 Å². The molecule has 0 atom stereocenters. The van der Waals surface area contributed by atoms with Crippen molar-refractivity contribution in [3.8, 4) is 17.2 Å². The van der Waals surface area contributed by atoms with E-state index in [1.54, 1.807) is 24.5 Å². The second-order valence-electron chi connectivity index (χ2n) is 6.31. The van der Waals surface area contributed by atoms with Crippen molar-refractivity contribution >= 4 is 5.91 Å². The van der Waals surface area contributed by atoms with Gasteiger partial charge in [-0.15, -0.1) is 0 Å². The predicted octanol–water partition coefficient (Wildman–Crippen LogP) is 0.345. The number of phenolic OH excluding ortho intramolecular Hbond substituents is 1. The van der Waals surface area contributed by atoms with E-state index < -0.39 is 0 Å². The van der Waals surface area contributed by atoms with E-state index >= 15 is 0 Å². The van der Waals surface area contributed by atoms with Crippen molar-refractivity contribution < 1.29 is 24.3 Å². The quantitative estimate of drug-likeness (QED) is 0.806. The number of benzene rings is 1. The largest absolute Gasteiger partial charge is 0.502 e. The number of carbonyl (C=O) groups is 1. The number of nitrogens with one attached hydrogen (secondary N) is 1. The zero-order chi connectivity index (χ0) is 18.5. The third-order valence-corrected chi connectivity index (χ3v) is 4.66. The van der Waals surface area contributed by atoms with Crippen LogP contribution in [-0.4, -0.2) is 61.3 Å². The summed E-state index contributed by atoms with van der Waals surface area (Å²) in [5, 5.41) is 10.0. The van der Waals surface area contributed by atoms with Crippen LogP contribution in [-0.2, 0) is 6.54 Å². The summed E-state index contributed by atoms with van der Waals surface area (Å²) in [7, 11) is 3.04. The van der Waals surface area contributed by atoms with Crippen molar-refractivity contribution in [2.24, 2.45) is 0 Å². The molecule has 2 heterocycles. The fraction of sp³-hybridized carbons (Fsp3) is 0.368. The van der Waals surface area contributed by atoms with E-state index in [4.69, 9.17) is 9.47 Å². The van der Waals surface area contributed by atoms with Crippen molar-refractivity contribution in [3.63, 3.8) is 0 Å². The SMILES string of the molecule is COc1cc(C[NH+]2CCN(C(=O)c3cccnc3)CC2)cc(OC)c1O. The molecule has 1 aliphatic rings. The van der Waals surface area contributed by atoms with Crippen LogP contribution in [0.1, 0.15) is 15.9 Å². The van der Waals surface area contributed by atoms with Crippen LogP contribution in [0.25, 0.3) is 0 Å². The smallest absolute Gasteiger partial charge is 0.255 e. The average Bonchev–Trinajstić information content (AvgIpc) is 2.69. The minimum Gasteiger partial charge on any atom is -0.502 e. The molecule has 0 unspecified atom stereocenters. The average molecular weight is 358 g/mol. The Bertz CT molecular complexity index is 734. The molecule has 26 heavy (non-hydrogen) atoms. The zero-order valence-corrected chi connectivity index (χ0v) is 15.1. The van der Waals surface area contributed by atoms with Gasteiger partial charge in [-0.3, -0.25) is 9.78 Å². The summed E-state index contributed by atoms with van der Waals surface area (Å²) in [5.41, 5.74) is 1.66. The number of pyridine rings is 1. The number of piperazine rings is 1. The summed E-state index contributed by atoms with van der Waals surface area (Å²) in [6, 6.07) is 7.24. The summed E-state index contributed by atoms with van der Waals surface area (Å²) < 4.78 is 10.4. The third kappa shape index (κ3) is 3.88. The normalized spacial score (nSPS) is 14.9. The Morgan fingerprint density at radius 2 is 1.88 bits per heavy atom. The molecule has 3 rings (SSSR count). The van der Waals surface area contributed by atoms with Crippen LogP contribution in [0, 0.1) is 0 Å². The summed E-state index contributed by atoms with van der Waals surface area (Å²) in [5.74, 6) is 0.860. The number of hydrogen-bond donors (Lipinski definition) is 2. The molecule has 7 heteroatoms. The van der Waals surface area contributed by atoms with Gasteiger partial charge in [0, 0.05) is 18.0 Å². The van der Waals surface area contributed by atoms with Crippen LogP contribution in [0.15, 0.2) is 36.7 Å². The van der Waals surface area contributed by atoms with E-state index in [0.29, 0.717) is 30.2 Å². The lowest BCUT2D eigenvalue weighted by Crippen LogP contribution is -3.13. The number of aromatic nitrogens is 1. The van der Waals surface area contributed by atoms with Crippen LogP contribution in [0.2, 0.25) is 0 Å². The van der Waals surface area contributed by atoms with E-state index in [1.165, 1.54) is 19.1 Å². The Labute approximate surface area is 152 Å². The van der Waals surface area contributed by atoms with Gasteiger partial charge in [0.2, 0.25) is 5.75 Å². The van der Waals surface area contributed by atoms with E-state index in [9.17, 15) is 9.90 Å². The van der Waals surface area contributed by atoms with Crippen LogP contribution < -0.4 is 14.4 Å². The Hall–Kier alpha value is -2.80. The first-order chi connectivity index (χ1) is 12.6. The first-order valence-corrected chi connectivity index (χ1v) is 8.59. The number of ether oxygens (including phenoxy) is 2. The molecular formula is C19H24N3O4+. The highest BCUT2D eigenvalue weighted by atomic mass is 16.5. The number of methoxy groups -OCH3 is 2. The summed E-state index contributed by atoms with van der Waals surface area (Å²) in [6.07, 6.45) is 3.27. The molecule has 1 aromatic carbocycles. The molecule has 2 N–H and O–H groups in total. The highest BCUT2D eigenvalue weighted by Crippen LogP contribution is 2.36. The lowest BCUT2D eigenvalue weighted by Gasteiger charge is -2.32. The molecule has 1 saturated heterocycles.